The van der Waals surface area contributed by atoms with Crippen molar-refractivity contribution in [2.24, 2.45) is 0 Å². The first-order valence-electron chi connectivity index (χ1n) is 6.22. The fraction of sp³-hybridized carbons (Fsp3) is 0.133. The second kappa shape index (κ2) is 5.52. The molecule has 0 radical (unpaired) electrons. The van der Waals surface area contributed by atoms with Crippen LogP contribution in [0.15, 0.2) is 42.5 Å². The number of phenols is 2. The van der Waals surface area contributed by atoms with Crippen molar-refractivity contribution in [1.82, 2.24) is 0 Å². The molecule has 2 rings (SSSR count). The van der Waals surface area contributed by atoms with Gasteiger partial charge in [-0.1, -0.05) is 12.1 Å². The summed E-state index contributed by atoms with van der Waals surface area (Å²) < 4.78 is 0. The Morgan fingerprint density at radius 2 is 1.75 bits per heavy atom. The molecule has 0 saturated heterocycles. The van der Waals surface area contributed by atoms with E-state index in [1.165, 1.54) is 23.1 Å². The Morgan fingerprint density at radius 1 is 1.15 bits per heavy atom. The third-order valence-corrected chi connectivity index (χ3v) is 2.94. The summed E-state index contributed by atoms with van der Waals surface area (Å²) in [5, 5.41) is 18.9. The predicted octanol–water partition coefficient (Wildman–Crippen LogP) is 2.35. The van der Waals surface area contributed by atoms with Gasteiger partial charge in [0.25, 0.3) is 5.91 Å². The Balaban J connectivity index is 2.42. The van der Waals surface area contributed by atoms with Crippen LogP contribution in [0.4, 0.5) is 11.4 Å². The Hall–Kier alpha value is -2.69. The molecule has 104 valence electrons. The van der Waals surface area contributed by atoms with E-state index in [9.17, 15) is 15.0 Å². The minimum absolute atomic E-state index is 0.162. The van der Waals surface area contributed by atoms with Crippen LogP contribution >= 0.6 is 0 Å². The molecular formula is C15H16N2O3. The van der Waals surface area contributed by atoms with Crippen LogP contribution in [0.5, 0.6) is 11.5 Å². The third kappa shape index (κ3) is 2.66. The van der Waals surface area contributed by atoms with Crippen LogP contribution in [0, 0.1) is 0 Å². The van der Waals surface area contributed by atoms with Gasteiger partial charge in [0.05, 0.1) is 11.4 Å². The Labute approximate surface area is 116 Å². The van der Waals surface area contributed by atoms with E-state index in [-0.39, 0.29) is 23.0 Å². The highest BCUT2D eigenvalue weighted by Crippen LogP contribution is 2.26. The second-order valence-electron chi connectivity index (χ2n) is 4.35. The number of anilines is 2. The summed E-state index contributed by atoms with van der Waals surface area (Å²) in [6, 6.07) is 10.8. The number of amides is 1. The van der Waals surface area contributed by atoms with Gasteiger partial charge in [-0.3, -0.25) is 4.79 Å². The Bertz CT molecular complexity index is 621. The van der Waals surface area contributed by atoms with Crippen molar-refractivity contribution in [3.8, 4) is 11.5 Å². The highest BCUT2D eigenvalue weighted by Gasteiger charge is 2.19. The maximum Gasteiger partial charge on any atom is 0.258 e. The van der Waals surface area contributed by atoms with Gasteiger partial charge < -0.3 is 20.8 Å². The van der Waals surface area contributed by atoms with E-state index < -0.39 is 0 Å². The summed E-state index contributed by atoms with van der Waals surface area (Å²) in [6.45, 7) is 2.25. The summed E-state index contributed by atoms with van der Waals surface area (Å²) in [5.74, 6) is -0.660. The highest BCUT2D eigenvalue weighted by molar-refractivity contribution is 6.08. The van der Waals surface area contributed by atoms with E-state index in [1.54, 1.807) is 24.3 Å². The Morgan fingerprint density at radius 3 is 2.30 bits per heavy atom. The fourth-order valence-corrected chi connectivity index (χ4v) is 2.03. The number of para-hydroxylation sites is 2. The van der Waals surface area contributed by atoms with Crippen molar-refractivity contribution >= 4 is 17.3 Å². The van der Waals surface area contributed by atoms with Crippen LogP contribution in [-0.2, 0) is 0 Å². The number of hydrogen-bond acceptors (Lipinski definition) is 4. The van der Waals surface area contributed by atoms with Gasteiger partial charge in [0.2, 0.25) is 0 Å². The van der Waals surface area contributed by atoms with E-state index in [1.807, 2.05) is 6.92 Å². The lowest BCUT2D eigenvalue weighted by molar-refractivity contribution is 0.0987. The van der Waals surface area contributed by atoms with Gasteiger partial charge in [0.1, 0.15) is 11.5 Å². The summed E-state index contributed by atoms with van der Waals surface area (Å²) >= 11 is 0. The van der Waals surface area contributed by atoms with Crippen molar-refractivity contribution in [1.29, 1.82) is 0 Å². The first-order valence-corrected chi connectivity index (χ1v) is 6.22. The molecule has 4 N–H and O–H groups in total. The molecule has 5 nitrogen and oxygen atoms in total. The number of carbonyl (C=O) groups excluding carboxylic acids is 1. The van der Waals surface area contributed by atoms with E-state index in [2.05, 4.69) is 0 Å². The number of rotatable bonds is 3. The van der Waals surface area contributed by atoms with Gasteiger partial charge in [-0.2, -0.15) is 0 Å². The maximum absolute atomic E-state index is 12.5. The normalized spacial score (nSPS) is 10.2. The van der Waals surface area contributed by atoms with Crippen LogP contribution in [0.3, 0.4) is 0 Å². The zero-order valence-electron chi connectivity index (χ0n) is 11.1. The highest BCUT2D eigenvalue weighted by atomic mass is 16.3. The Kier molecular flexibility index (Phi) is 3.79. The fourth-order valence-electron chi connectivity index (χ4n) is 2.03. The molecule has 0 saturated carbocycles. The summed E-state index contributed by atoms with van der Waals surface area (Å²) in [7, 11) is 0. The van der Waals surface area contributed by atoms with Crippen molar-refractivity contribution in [2.75, 3.05) is 17.2 Å². The lowest BCUT2D eigenvalue weighted by atomic mass is 10.1. The average molecular weight is 272 g/mol. The van der Waals surface area contributed by atoms with Crippen LogP contribution < -0.4 is 10.6 Å². The van der Waals surface area contributed by atoms with Crippen molar-refractivity contribution in [3.05, 3.63) is 48.0 Å². The van der Waals surface area contributed by atoms with Gasteiger partial charge in [0.15, 0.2) is 0 Å². The van der Waals surface area contributed by atoms with E-state index >= 15 is 0 Å². The monoisotopic (exact) mass is 272 g/mol. The van der Waals surface area contributed by atoms with Crippen molar-refractivity contribution in [3.63, 3.8) is 0 Å². The molecule has 0 aliphatic heterocycles. The minimum Gasteiger partial charge on any atom is -0.508 e. The zero-order valence-corrected chi connectivity index (χ0v) is 11.1. The molecule has 1 amide bonds. The maximum atomic E-state index is 12.5. The summed E-state index contributed by atoms with van der Waals surface area (Å²) in [4.78, 5) is 14.0. The van der Waals surface area contributed by atoms with Gasteiger partial charge in [-0.25, -0.2) is 0 Å². The molecule has 0 unspecified atom stereocenters. The van der Waals surface area contributed by atoms with Crippen molar-refractivity contribution < 1.29 is 15.0 Å². The minimum atomic E-state index is -0.336. The molecule has 0 aliphatic rings. The molecule has 0 atom stereocenters. The molecule has 0 spiro atoms. The molecule has 0 fully saturated rings. The average Bonchev–Trinajstić information content (AvgIpc) is 2.40. The predicted molar refractivity (Wildman–Crippen MR) is 78.0 cm³/mol. The lowest BCUT2D eigenvalue weighted by Gasteiger charge is -2.22. The van der Waals surface area contributed by atoms with E-state index in [4.69, 9.17) is 5.73 Å². The topological polar surface area (TPSA) is 86.8 Å². The molecule has 0 aromatic heterocycles. The molecule has 2 aromatic rings. The molecule has 0 aliphatic carbocycles. The number of carbonyl (C=O) groups is 1. The number of benzene rings is 2. The quantitative estimate of drug-likeness (QED) is 0.748. The number of nitrogen functional groups attached to an aromatic ring is 1. The van der Waals surface area contributed by atoms with E-state index in [0.717, 1.165) is 0 Å². The molecule has 20 heavy (non-hydrogen) atoms. The number of aromatic hydroxyl groups is 2. The van der Waals surface area contributed by atoms with Gasteiger partial charge >= 0.3 is 0 Å². The molecule has 5 heteroatoms. The third-order valence-electron chi connectivity index (χ3n) is 2.94. The molecule has 0 heterocycles. The van der Waals surface area contributed by atoms with E-state index in [0.29, 0.717) is 17.9 Å². The van der Waals surface area contributed by atoms with Crippen molar-refractivity contribution in [2.45, 2.75) is 6.92 Å². The SMILES string of the molecule is CCN(C(=O)c1cc(O)cc(O)c1)c1ccccc1N. The zero-order chi connectivity index (χ0) is 14.7. The molecule has 0 bridgehead atoms. The largest absolute Gasteiger partial charge is 0.508 e. The smallest absolute Gasteiger partial charge is 0.258 e. The summed E-state index contributed by atoms with van der Waals surface area (Å²) in [6.07, 6.45) is 0. The standard InChI is InChI=1S/C15H16N2O3/c1-2-17(14-6-4-3-5-13(14)16)15(20)10-7-11(18)9-12(19)8-10/h3-9,18-19H,2,16H2,1H3. The van der Waals surface area contributed by atoms with Crippen LogP contribution in [0.25, 0.3) is 0 Å². The van der Waals surface area contributed by atoms with Gasteiger partial charge in [-0.05, 0) is 31.2 Å². The molecular weight excluding hydrogens is 256 g/mol. The second-order valence-corrected chi connectivity index (χ2v) is 4.35. The first-order chi connectivity index (χ1) is 9.52. The van der Waals surface area contributed by atoms with Crippen LogP contribution in [0.2, 0.25) is 0 Å². The number of nitrogens with two attached hydrogens (primary N) is 1. The van der Waals surface area contributed by atoms with Gasteiger partial charge in [-0.15, -0.1) is 0 Å². The summed E-state index contributed by atoms with van der Waals surface area (Å²) in [5.41, 5.74) is 7.17. The van der Waals surface area contributed by atoms with Gasteiger partial charge in [0, 0.05) is 18.2 Å². The molecule has 2 aromatic carbocycles. The lowest BCUT2D eigenvalue weighted by Crippen LogP contribution is -2.31. The van der Waals surface area contributed by atoms with Crippen LogP contribution in [-0.4, -0.2) is 22.7 Å². The number of nitrogens with zero attached hydrogens (tertiary/aromatic N) is 1. The number of phenolic OH excluding ortho intramolecular Hbond substituents is 2. The first kappa shape index (κ1) is 13.7. The van der Waals surface area contributed by atoms with Crippen LogP contribution in [0.1, 0.15) is 17.3 Å². The number of hydrogen-bond donors (Lipinski definition) is 3.